The molecule has 0 aliphatic carbocycles. The van der Waals surface area contributed by atoms with Crippen molar-refractivity contribution in [2.75, 3.05) is 6.54 Å². The third-order valence-corrected chi connectivity index (χ3v) is 3.37. The van der Waals surface area contributed by atoms with Gasteiger partial charge < -0.3 is 5.32 Å². The highest BCUT2D eigenvalue weighted by atomic mass is 19.1. The molecule has 0 fully saturated rings. The van der Waals surface area contributed by atoms with Gasteiger partial charge in [0, 0.05) is 12.7 Å². The van der Waals surface area contributed by atoms with Crippen LogP contribution in [0.3, 0.4) is 0 Å². The Morgan fingerprint density at radius 2 is 1.95 bits per heavy atom. The van der Waals surface area contributed by atoms with Gasteiger partial charge in [0.1, 0.15) is 11.5 Å². The summed E-state index contributed by atoms with van der Waals surface area (Å²) in [4.78, 5) is 0. The molecule has 2 aromatic rings. The Hall–Kier alpha value is -1.68. The second-order valence-corrected chi connectivity index (χ2v) is 6.11. The van der Waals surface area contributed by atoms with Crippen LogP contribution in [0.25, 0.3) is 5.69 Å². The van der Waals surface area contributed by atoms with Crippen LogP contribution in [-0.4, -0.2) is 16.3 Å². The van der Waals surface area contributed by atoms with Gasteiger partial charge in [-0.1, -0.05) is 39.8 Å². The summed E-state index contributed by atoms with van der Waals surface area (Å²) in [6.07, 6.45) is 1.83. The van der Waals surface area contributed by atoms with E-state index < -0.39 is 0 Å². The lowest BCUT2D eigenvalue weighted by Crippen LogP contribution is -2.20. The summed E-state index contributed by atoms with van der Waals surface area (Å²) in [6, 6.07) is 7.13. The fraction of sp³-hybridized carbons (Fsp3) is 0.471. The van der Waals surface area contributed by atoms with Crippen molar-refractivity contribution in [2.24, 2.45) is 5.92 Å². The van der Waals surface area contributed by atoms with Crippen molar-refractivity contribution in [3.05, 3.63) is 47.5 Å². The van der Waals surface area contributed by atoms with Gasteiger partial charge in [0.15, 0.2) is 0 Å². The van der Waals surface area contributed by atoms with E-state index in [0.29, 0.717) is 24.1 Å². The zero-order chi connectivity index (χ0) is 15.4. The minimum atomic E-state index is -0.239. The first-order chi connectivity index (χ1) is 9.99. The third kappa shape index (κ3) is 3.91. The van der Waals surface area contributed by atoms with Crippen molar-refractivity contribution in [1.29, 1.82) is 0 Å². The summed E-state index contributed by atoms with van der Waals surface area (Å²) < 4.78 is 15.9. The lowest BCUT2D eigenvalue weighted by Gasteiger charge is -2.13. The number of hydrogen-bond acceptors (Lipinski definition) is 2. The number of hydrogen-bond donors (Lipinski definition) is 1. The van der Waals surface area contributed by atoms with E-state index in [1.54, 1.807) is 10.7 Å². The molecular formula is C17H24FN3. The summed E-state index contributed by atoms with van der Waals surface area (Å²) in [6.45, 7) is 10.0. The Morgan fingerprint density at radius 3 is 2.57 bits per heavy atom. The molecule has 1 aromatic heterocycles. The largest absolute Gasteiger partial charge is 0.312 e. The van der Waals surface area contributed by atoms with Gasteiger partial charge in [-0.25, -0.2) is 9.07 Å². The van der Waals surface area contributed by atoms with Crippen LogP contribution >= 0.6 is 0 Å². The second-order valence-electron chi connectivity index (χ2n) is 6.11. The summed E-state index contributed by atoms with van der Waals surface area (Å²) in [5.74, 6) is 0.664. The van der Waals surface area contributed by atoms with Crippen LogP contribution in [0.1, 0.15) is 44.9 Å². The third-order valence-electron chi connectivity index (χ3n) is 3.37. The zero-order valence-corrected chi connectivity index (χ0v) is 13.2. The molecule has 0 spiro atoms. The van der Waals surface area contributed by atoms with Gasteiger partial charge in [-0.3, -0.25) is 0 Å². The molecule has 1 aromatic carbocycles. The van der Waals surface area contributed by atoms with E-state index in [2.05, 4.69) is 38.1 Å². The Morgan fingerprint density at radius 1 is 1.19 bits per heavy atom. The molecule has 0 saturated carbocycles. The summed E-state index contributed by atoms with van der Waals surface area (Å²) >= 11 is 0. The average molecular weight is 289 g/mol. The van der Waals surface area contributed by atoms with Crippen LogP contribution in [0, 0.1) is 11.7 Å². The molecule has 0 aliphatic heterocycles. The molecule has 1 heterocycles. The first kappa shape index (κ1) is 15.7. The van der Waals surface area contributed by atoms with Crippen molar-refractivity contribution >= 4 is 0 Å². The molecule has 114 valence electrons. The SMILES string of the molecule is CC(C)CNCc1cccc(F)c1-n1ccc(C(C)C)n1. The van der Waals surface area contributed by atoms with E-state index in [4.69, 9.17) is 0 Å². The number of rotatable bonds is 6. The van der Waals surface area contributed by atoms with Gasteiger partial charge in [-0.15, -0.1) is 0 Å². The highest BCUT2D eigenvalue weighted by Gasteiger charge is 2.13. The minimum absolute atomic E-state index is 0.239. The lowest BCUT2D eigenvalue weighted by atomic mass is 10.1. The van der Waals surface area contributed by atoms with Crippen LogP contribution in [0.4, 0.5) is 4.39 Å². The smallest absolute Gasteiger partial charge is 0.149 e. The summed E-state index contributed by atoms with van der Waals surface area (Å²) in [5.41, 5.74) is 2.44. The maximum Gasteiger partial charge on any atom is 0.149 e. The fourth-order valence-corrected chi connectivity index (χ4v) is 2.23. The summed E-state index contributed by atoms with van der Waals surface area (Å²) in [5, 5.41) is 7.85. The van der Waals surface area contributed by atoms with Gasteiger partial charge in [0.2, 0.25) is 0 Å². The monoisotopic (exact) mass is 289 g/mol. The Bertz CT molecular complexity index is 587. The second kappa shape index (κ2) is 6.85. The quantitative estimate of drug-likeness (QED) is 0.874. The van der Waals surface area contributed by atoms with Crippen molar-refractivity contribution in [2.45, 2.75) is 40.2 Å². The molecular weight excluding hydrogens is 265 g/mol. The number of benzene rings is 1. The molecule has 3 nitrogen and oxygen atoms in total. The average Bonchev–Trinajstić information content (AvgIpc) is 2.88. The van der Waals surface area contributed by atoms with Crippen molar-refractivity contribution < 1.29 is 4.39 Å². The fourth-order valence-electron chi connectivity index (χ4n) is 2.23. The predicted octanol–water partition coefficient (Wildman–Crippen LogP) is 3.88. The van der Waals surface area contributed by atoms with E-state index in [1.807, 2.05) is 18.3 Å². The summed E-state index contributed by atoms with van der Waals surface area (Å²) in [7, 11) is 0. The molecule has 1 N–H and O–H groups in total. The number of nitrogens with one attached hydrogen (secondary N) is 1. The predicted molar refractivity (Wildman–Crippen MR) is 84.2 cm³/mol. The van der Waals surface area contributed by atoms with E-state index in [1.165, 1.54) is 6.07 Å². The maximum absolute atomic E-state index is 14.2. The van der Waals surface area contributed by atoms with Crippen LogP contribution in [0.15, 0.2) is 30.5 Å². The van der Waals surface area contributed by atoms with E-state index in [-0.39, 0.29) is 5.82 Å². The number of halogens is 1. The molecule has 0 unspecified atom stereocenters. The minimum Gasteiger partial charge on any atom is -0.312 e. The van der Waals surface area contributed by atoms with Crippen LogP contribution < -0.4 is 5.32 Å². The molecule has 0 bridgehead atoms. The molecule has 0 radical (unpaired) electrons. The number of nitrogens with zero attached hydrogens (tertiary/aromatic N) is 2. The van der Waals surface area contributed by atoms with Gasteiger partial charge in [-0.05, 0) is 36.1 Å². The van der Waals surface area contributed by atoms with Crippen molar-refractivity contribution in [3.8, 4) is 5.69 Å². The van der Waals surface area contributed by atoms with Gasteiger partial charge in [0.25, 0.3) is 0 Å². The molecule has 2 rings (SSSR count). The zero-order valence-electron chi connectivity index (χ0n) is 13.2. The molecule has 0 saturated heterocycles. The number of para-hydroxylation sites is 1. The normalized spacial score (nSPS) is 11.6. The van der Waals surface area contributed by atoms with E-state index in [9.17, 15) is 4.39 Å². The molecule has 21 heavy (non-hydrogen) atoms. The van der Waals surface area contributed by atoms with Gasteiger partial charge in [-0.2, -0.15) is 5.10 Å². The van der Waals surface area contributed by atoms with Crippen molar-refractivity contribution in [1.82, 2.24) is 15.1 Å². The van der Waals surface area contributed by atoms with Crippen LogP contribution in [-0.2, 0) is 6.54 Å². The Balaban J connectivity index is 2.28. The lowest BCUT2D eigenvalue weighted by molar-refractivity contribution is 0.546. The highest BCUT2D eigenvalue weighted by molar-refractivity contribution is 5.42. The highest BCUT2D eigenvalue weighted by Crippen LogP contribution is 2.20. The van der Waals surface area contributed by atoms with Gasteiger partial charge >= 0.3 is 0 Å². The van der Waals surface area contributed by atoms with Crippen molar-refractivity contribution in [3.63, 3.8) is 0 Å². The first-order valence-electron chi connectivity index (χ1n) is 7.53. The molecule has 4 heteroatoms. The van der Waals surface area contributed by atoms with Gasteiger partial charge in [0.05, 0.1) is 5.69 Å². The van der Waals surface area contributed by atoms with Crippen LogP contribution in [0.5, 0.6) is 0 Å². The standard InChI is InChI=1S/C17H24FN3/c1-12(2)10-19-11-14-6-5-7-15(18)17(14)21-9-8-16(20-21)13(3)4/h5-9,12-13,19H,10-11H2,1-4H3. The first-order valence-corrected chi connectivity index (χ1v) is 7.53. The molecule has 0 atom stereocenters. The number of aromatic nitrogens is 2. The topological polar surface area (TPSA) is 29.9 Å². The van der Waals surface area contributed by atoms with E-state index in [0.717, 1.165) is 17.8 Å². The van der Waals surface area contributed by atoms with E-state index >= 15 is 0 Å². The molecule has 0 amide bonds. The maximum atomic E-state index is 14.2. The Kier molecular flexibility index (Phi) is 5.12. The Labute approximate surface area is 126 Å². The van der Waals surface area contributed by atoms with Crippen LogP contribution in [0.2, 0.25) is 0 Å². The molecule has 0 aliphatic rings.